The Morgan fingerprint density at radius 1 is 1.24 bits per heavy atom. The van der Waals surface area contributed by atoms with Gasteiger partial charge in [0.05, 0.1) is 10.4 Å². The molecule has 0 aliphatic carbocycles. The van der Waals surface area contributed by atoms with Gasteiger partial charge in [-0.3, -0.25) is 10.1 Å². The van der Waals surface area contributed by atoms with Crippen LogP contribution < -0.4 is 5.32 Å². The van der Waals surface area contributed by atoms with Crippen molar-refractivity contribution in [1.82, 2.24) is 4.98 Å². The van der Waals surface area contributed by atoms with Gasteiger partial charge in [-0.25, -0.2) is 0 Å². The number of benzene rings is 2. The van der Waals surface area contributed by atoms with Crippen molar-refractivity contribution in [3.05, 3.63) is 69.4 Å². The second kappa shape index (κ2) is 5.46. The van der Waals surface area contributed by atoms with Gasteiger partial charge in [0, 0.05) is 23.8 Å². The average molecular weight is 302 g/mol. The van der Waals surface area contributed by atoms with Gasteiger partial charge >= 0.3 is 0 Å². The summed E-state index contributed by atoms with van der Waals surface area (Å²) in [4.78, 5) is 13.8. The second-order valence-electron chi connectivity index (χ2n) is 4.63. The van der Waals surface area contributed by atoms with E-state index >= 15 is 0 Å². The lowest BCUT2D eigenvalue weighted by atomic mass is 10.1. The molecule has 3 rings (SSSR count). The minimum absolute atomic E-state index is 0.0121. The quantitative estimate of drug-likeness (QED) is 0.556. The molecule has 0 unspecified atom stereocenters. The maximum absolute atomic E-state index is 11.0. The Balaban J connectivity index is 1.90. The highest BCUT2D eigenvalue weighted by molar-refractivity contribution is 6.31. The van der Waals surface area contributed by atoms with Gasteiger partial charge in [-0.05, 0) is 29.1 Å². The van der Waals surface area contributed by atoms with Gasteiger partial charge in [0.1, 0.15) is 5.69 Å². The van der Waals surface area contributed by atoms with Gasteiger partial charge in [0.2, 0.25) is 0 Å². The third kappa shape index (κ3) is 2.68. The molecule has 0 saturated carbocycles. The molecule has 21 heavy (non-hydrogen) atoms. The van der Waals surface area contributed by atoms with Crippen molar-refractivity contribution in [3.63, 3.8) is 0 Å². The van der Waals surface area contributed by atoms with E-state index in [1.54, 1.807) is 6.07 Å². The summed E-state index contributed by atoms with van der Waals surface area (Å²) in [6.45, 7) is 0.471. The molecule has 5 nitrogen and oxygen atoms in total. The highest BCUT2D eigenvalue weighted by Crippen LogP contribution is 2.28. The van der Waals surface area contributed by atoms with Crippen LogP contribution >= 0.6 is 11.6 Å². The first-order chi connectivity index (χ1) is 10.1. The molecule has 1 aromatic heterocycles. The summed E-state index contributed by atoms with van der Waals surface area (Å²) < 4.78 is 0. The number of hydrogen-bond acceptors (Lipinski definition) is 3. The number of para-hydroxylation sites is 1. The van der Waals surface area contributed by atoms with E-state index in [0.717, 1.165) is 16.5 Å². The number of hydrogen-bond donors (Lipinski definition) is 2. The monoisotopic (exact) mass is 301 g/mol. The average Bonchev–Trinajstić information content (AvgIpc) is 2.93. The Morgan fingerprint density at radius 2 is 2.10 bits per heavy atom. The molecule has 0 atom stereocenters. The van der Waals surface area contributed by atoms with Crippen molar-refractivity contribution in [2.24, 2.45) is 0 Å². The first-order valence-corrected chi connectivity index (χ1v) is 6.76. The standard InChI is InChI=1S/C15H12ClN3O2/c16-12-4-5-14(19(20)21)13(8-12)18-9-11-3-1-2-10-6-7-17-15(10)11/h1-8,17-18H,9H2. The maximum Gasteiger partial charge on any atom is 0.292 e. The molecule has 2 N–H and O–H groups in total. The van der Waals surface area contributed by atoms with Gasteiger partial charge in [-0.15, -0.1) is 0 Å². The zero-order valence-corrected chi connectivity index (χ0v) is 11.7. The van der Waals surface area contributed by atoms with Crippen molar-refractivity contribution in [1.29, 1.82) is 0 Å². The molecule has 106 valence electrons. The summed E-state index contributed by atoms with van der Waals surface area (Å²) in [5.41, 5.74) is 2.48. The lowest BCUT2D eigenvalue weighted by molar-refractivity contribution is -0.384. The summed E-state index contributed by atoms with van der Waals surface area (Å²) >= 11 is 5.91. The number of aromatic amines is 1. The van der Waals surface area contributed by atoms with Gasteiger partial charge in [0.15, 0.2) is 0 Å². The van der Waals surface area contributed by atoms with Gasteiger partial charge in [0.25, 0.3) is 5.69 Å². The largest absolute Gasteiger partial charge is 0.375 e. The molecule has 2 aromatic carbocycles. The first-order valence-electron chi connectivity index (χ1n) is 6.38. The minimum atomic E-state index is -0.423. The number of nitro benzene ring substituents is 1. The predicted octanol–water partition coefficient (Wildman–Crippen LogP) is 4.34. The number of halogens is 1. The van der Waals surface area contributed by atoms with Crippen molar-refractivity contribution < 1.29 is 4.92 Å². The topological polar surface area (TPSA) is 71.0 Å². The van der Waals surface area contributed by atoms with Crippen LogP contribution in [0.25, 0.3) is 10.9 Å². The van der Waals surface area contributed by atoms with Crippen LogP contribution in [0.5, 0.6) is 0 Å². The van der Waals surface area contributed by atoms with Crippen LogP contribution in [0.4, 0.5) is 11.4 Å². The molecule has 0 fully saturated rings. The van der Waals surface area contributed by atoms with E-state index in [2.05, 4.69) is 10.3 Å². The number of nitrogens with one attached hydrogen (secondary N) is 2. The smallest absolute Gasteiger partial charge is 0.292 e. The highest BCUT2D eigenvalue weighted by atomic mass is 35.5. The van der Waals surface area contributed by atoms with Crippen LogP contribution in [0.15, 0.2) is 48.7 Å². The normalized spacial score (nSPS) is 10.7. The lowest BCUT2D eigenvalue weighted by Gasteiger charge is -2.08. The number of H-pyrrole nitrogens is 1. The molecule has 0 saturated heterocycles. The minimum Gasteiger partial charge on any atom is -0.375 e. The second-order valence-corrected chi connectivity index (χ2v) is 5.07. The zero-order valence-electron chi connectivity index (χ0n) is 11.0. The van der Waals surface area contributed by atoms with Crippen LogP contribution in [0, 0.1) is 10.1 Å². The molecule has 0 radical (unpaired) electrons. The van der Waals surface area contributed by atoms with Crippen molar-refractivity contribution in [2.75, 3.05) is 5.32 Å². The van der Waals surface area contributed by atoms with Gasteiger partial charge < -0.3 is 10.3 Å². The molecule has 0 amide bonds. The van der Waals surface area contributed by atoms with Crippen LogP contribution in [-0.2, 0) is 6.54 Å². The number of nitrogens with zero attached hydrogens (tertiary/aromatic N) is 1. The van der Waals surface area contributed by atoms with Crippen LogP contribution in [0.2, 0.25) is 5.02 Å². The van der Waals surface area contributed by atoms with Crippen LogP contribution in [0.3, 0.4) is 0 Å². The fourth-order valence-electron chi connectivity index (χ4n) is 2.30. The first kappa shape index (κ1) is 13.5. The Hall–Kier alpha value is -2.53. The van der Waals surface area contributed by atoms with E-state index in [1.165, 1.54) is 12.1 Å². The SMILES string of the molecule is O=[N+]([O-])c1ccc(Cl)cc1NCc1cccc2cc[nH]c12. The van der Waals surface area contributed by atoms with E-state index < -0.39 is 4.92 Å². The number of fused-ring (bicyclic) bond motifs is 1. The Bertz CT molecular complexity index is 814. The van der Waals surface area contributed by atoms with Crippen LogP contribution in [0.1, 0.15) is 5.56 Å². The Morgan fingerprint density at radius 3 is 2.90 bits per heavy atom. The number of rotatable bonds is 4. The fourth-order valence-corrected chi connectivity index (χ4v) is 2.47. The molecule has 1 heterocycles. The number of nitro groups is 1. The summed E-state index contributed by atoms with van der Waals surface area (Å²) in [6, 6.07) is 12.4. The third-order valence-electron chi connectivity index (χ3n) is 3.30. The summed E-state index contributed by atoms with van der Waals surface area (Å²) in [6.07, 6.45) is 1.87. The number of aromatic nitrogens is 1. The predicted molar refractivity (Wildman–Crippen MR) is 83.7 cm³/mol. The number of anilines is 1. The van der Waals surface area contributed by atoms with Gasteiger partial charge in [-0.2, -0.15) is 0 Å². The molecule has 3 aromatic rings. The van der Waals surface area contributed by atoms with E-state index in [1.807, 2.05) is 30.5 Å². The summed E-state index contributed by atoms with van der Waals surface area (Å²) in [7, 11) is 0. The molecule has 6 heteroatoms. The molecule has 0 bridgehead atoms. The van der Waals surface area contributed by atoms with E-state index in [0.29, 0.717) is 17.3 Å². The molecule has 0 aliphatic rings. The summed E-state index contributed by atoms with van der Waals surface area (Å²) in [5, 5.41) is 15.7. The van der Waals surface area contributed by atoms with Crippen molar-refractivity contribution >= 4 is 33.9 Å². The maximum atomic E-state index is 11.0. The third-order valence-corrected chi connectivity index (χ3v) is 3.53. The Labute approximate surface area is 125 Å². The molecule has 0 aliphatic heterocycles. The van der Waals surface area contributed by atoms with Crippen molar-refractivity contribution in [3.8, 4) is 0 Å². The van der Waals surface area contributed by atoms with Gasteiger partial charge in [-0.1, -0.05) is 29.8 Å². The van der Waals surface area contributed by atoms with E-state index in [4.69, 9.17) is 11.6 Å². The molecule has 0 spiro atoms. The lowest BCUT2D eigenvalue weighted by Crippen LogP contribution is -2.03. The zero-order chi connectivity index (χ0) is 14.8. The Kier molecular flexibility index (Phi) is 3.50. The van der Waals surface area contributed by atoms with E-state index in [-0.39, 0.29) is 5.69 Å². The molecular weight excluding hydrogens is 290 g/mol. The molecular formula is C15H12ClN3O2. The van der Waals surface area contributed by atoms with Crippen LogP contribution in [-0.4, -0.2) is 9.91 Å². The highest BCUT2D eigenvalue weighted by Gasteiger charge is 2.14. The van der Waals surface area contributed by atoms with E-state index in [9.17, 15) is 10.1 Å². The van der Waals surface area contributed by atoms with Crippen molar-refractivity contribution in [2.45, 2.75) is 6.54 Å². The fraction of sp³-hybridized carbons (Fsp3) is 0.0667. The summed E-state index contributed by atoms with van der Waals surface area (Å²) in [5.74, 6) is 0.